The summed E-state index contributed by atoms with van der Waals surface area (Å²) in [7, 11) is 0. The fourth-order valence-corrected chi connectivity index (χ4v) is 2.69. The topological polar surface area (TPSA) is 105 Å². The van der Waals surface area contributed by atoms with Gasteiger partial charge in [0.1, 0.15) is 0 Å². The molecule has 0 unspecified atom stereocenters. The van der Waals surface area contributed by atoms with Gasteiger partial charge in [-0.2, -0.15) is 13.2 Å². The number of nitrogens with two attached hydrogens (primary N) is 1. The van der Waals surface area contributed by atoms with Crippen LogP contribution in [0, 0.1) is 0 Å². The monoisotopic (exact) mass is 372 g/mol. The number of primary amides is 1. The first-order valence-corrected chi connectivity index (χ1v) is 7.89. The van der Waals surface area contributed by atoms with Gasteiger partial charge in [0.2, 0.25) is 17.7 Å². The minimum Gasteiger partial charge on any atom is -0.368 e. The average Bonchev–Trinajstić information content (AvgIpc) is 2.55. The molecule has 1 aromatic rings. The second-order valence-electron chi connectivity index (χ2n) is 5.92. The Bertz CT molecular complexity index is 694. The number of amides is 3. The molecular weight excluding hydrogens is 353 g/mol. The van der Waals surface area contributed by atoms with Gasteiger partial charge in [0, 0.05) is 19.6 Å². The summed E-state index contributed by atoms with van der Waals surface area (Å²) in [6, 6.07) is 3.99. The van der Waals surface area contributed by atoms with Crippen molar-refractivity contribution < 1.29 is 27.6 Å². The van der Waals surface area contributed by atoms with Gasteiger partial charge in [-0.3, -0.25) is 19.3 Å². The molecular formula is C16H19F3N4O3. The van der Waals surface area contributed by atoms with Crippen LogP contribution in [0.5, 0.6) is 0 Å². The molecule has 4 N–H and O–H groups in total. The van der Waals surface area contributed by atoms with E-state index in [0.717, 1.165) is 12.1 Å². The molecule has 1 heterocycles. The van der Waals surface area contributed by atoms with Gasteiger partial charge in [0.05, 0.1) is 24.6 Å². The van der Waals surface area contributed by atoms with Crippen molar-refractivity contribution in [1.29, 1.82) is 0 Å². The van der Waals surface area contributed by atoms with Crippen LogP contribution in [-0.2, 0) is 27.1 Å². The second-order valence-corrected chi connectivity index (χ2v) is 5.92. The molecule has 1 aromatic carbocycles. The summed E-state index contributed by atoms with van der Waals surface area (Å²) in [6.45, 7) is 0.457. The highest BCUT2D eigenvalue weighted by atomic mass is 19.4. The van der Waals surface area contributed by atoms with Crippen LogP contribution in [-0.4, -0.2) is 48.3 Å². The number of halogens is 3. The summed E-state index contributed by atoms with van der Waals surface area (Å²) < 4.78 is 38.5. The number of hydrogen-bond donors (Lipinski definition) is 3. The Kier molecular flexibility index (Phi) is 6.19. The quantitative estimate of drug-likeness (QED) is 0.654. The average molecular weight is 372 g/mol. The molecule has 2 rings (SSSR count). The first-order valence-electron chi connectivity index (χ1n) is 7.89. The highest BCUT2D eigenvalue weighted by Gasteiger charge is 2.33. The number of nitrogens with zero attached hydrogens (tertiary/aromatic N) is 1. The van der Waals surface area contributed by atoms with E-state index in [9.17, 15) is 27.6 Å². The van der Waals surface area contributed by atoms with Gasteiger partial charge in [-0.1, -0.05) is 18.2 Å². The standard InChI is InChI=1S/C16H19F3N4O3/c17-16(18,19)11-3-1-2-10(6-11)9-23-5-4-21-15(26)12(23)7-14(25)22-8-13(20)24/h1-3,6,12H,4-5,7-9H2,(H2,20,24)(H,21,26)(H,22,25)/t12-/m0/s1. The summed E-state index contributed by atoms with van der Waals surface area (Å²) in [6.07, 6.45) is -4.68. The van der Waals surface area contributed by atoms with Crippen molar-refractivity contribution in [1.82, 2.24) is 15.5 Å². The normalized spacial score (nSPS) is 18.3. The summed E-state index contributed by atoms with van der Waals surface area (Å²) in [5.74, 6) is -1.65. The van der Waals surface area contributed by atoms with Crippen LogP contribution in [0.3, 0.4) is 0 Å². The molecule has 0 aliphatic carbocycles. The van der Waals surface area contributed by atoms with E-state index in [1.165, 1.54) is 12.1 Å². The zero-order valence-corrected chi connectivity index (χ0v) is 13.8. The third-order valence-corrected chi connectivity index (χ3v) is 3.92. The Balaban J connectivity index is 2.09. The molecule has 1 fully saturated rings. The molecule has 142 valence electrons. The molecule has 0 aromatic heterocycles. The van der Waals surface area contributed by atoms with Crippen molar-refractivity contribution >= 4 is 17.7 Å². The van der Waals surface area contributed by atoms with Crippen molar-refractivity contribution in [2.45, 2.75) is 25.2 Å². The van der Waals surface area contributed by atoms with Gasteiger partial charge >= 0.3 is 6.18 Å². The Labute approximate surface area is 147 Å². The number of piperazine rings is 1. The third-order valence-electron chi connectivity index (χ3n) is 3.92. The third kappa shape index (κ3) is 5.45. The molecule has 7 nitrogen and oxygen atoms in total. The summed E-state index contributed by atoms with van der Waals surface area (Å²) in [4.78, 5) is 36.3. The van der Waals surface area contributed by atoms with Crippen LogP contribution in [0.1, 0.15) is 17.5 Å². The highest BCUT2D eigenvalue weighted by molar-refractivity contribution is 5.90. The second kappa shape index (κ2) is 8.17. The van der Waals surface area contributed by atoms with E-state index in [1.807, 2.05) is 0 Å². The van der Waals surface area contributed by atoms with E-state index in [2.05, 4.69) is 10.6 Å². The van der Waals surface area contributed by atoms with Crippen molar-refractivity contribution in [3.05, 3.63) is 35.4 Å². The van der Waals surface area contributed by atoms with Crippen LogP contribution in [0.2, 0.25) is 0 Å². The van der Waals surface area contributed by atoms with Gasteiger partial charge in [-0.15, -0.1) is 0 Å². The van der Waals surface area contributed by atoms with Crippen LogP contribution in [0.25, 0.3) is 0 Å². The van der Waals surface area contributed by atoms with Crippen LogP contribution in [0.15, 0.2) is 24.3 Å². The first-order chi connectivity index (χ1) is 12.2. The van der Waals surface area contributed by atoms with Crippen molar-refractivity contribution in [3.63, 3.8) is 0 Å². The van der Waals surface area contributed by atoms with Crippen LogP contribution in [0.4, 0.5) is 13.2 Å². The molecule has 1 aliphatic rings. The molecule has 10 heteroatoms. The summed E-state index contributed by atoms with van der Waals surface area (Å²) in [5, 5.41) is 4.92. The van der Waals surface area contributed by atoms with E-state index < -0.39 is 35.5 Å². The Morgan fingerprint density at radius 2 is 2.08 bits per heavy atom. The van der Waals surface area contributed by atoms with Crippen molar-refractivity contribution in [2.75, 3.05) is 19.6 Å². The number of alkyl halides is 3. The van der Waals surface area contributed by atoms with Crippen molar-refractivity contribution in [3.8, 4) is 0 Å². The van der Waals surface area contributed by atoms with Gasteiger partial charge in [-0.25, -0.2) is 0 Å². The number of nitrogens with one attached hydrogen (secondary N) is 2. The van der Waals surface area contributed by atoms with Crippen molar-refractivity contribution in [2.24, 2.45) is 5.73 Å². The van der Waals surface area contributed by atoms with E-state index >= 15 is 0 Å². The molecule has 0 radical (unpaired) electrons. The minimum absolute atomic E-state index is 0.0884. The number of carbonyl (C=O) groups excluding carboxylic acids is 3. The molecule has 26 heavy (non-hydrogen) atoms. The smallest absolute Gasteiger partial charge is 0.368 e. The number of benzene rings is 1. The van der Waals surface area contributed by atoms with E-state index in [1.54, 1.807) is 4.90 Å². The zero-order chi connectivity index (χ0) is 19.3. The predicted octanol–water partition coefficient (Wildman–Crippen LogP) is -0.00260. The molecule has 1 atom stereocenters. The largest absolute Gasteiger partial charge is 0.416 e. The van der Waals surface area contributed by atoms with Gasteiger partial charge < -0.3 is 16.4 Å². The lowest BCUT2D eigenvalue weighted by atomic mass is 10.1. The summed E-state index contributed by atoms with van der Waals surface area (Å²) >= 11 is 0. The predicted molar refractivity (Wildman–Crippen MR) is 85.5 cm³/mol. The SMILES string of the molecule is NC(=O)CNC(=O)C[C@H]1C(=O)NCCN1Cc1cccc(C(F)(F)F)c1. The van der Waals surface area contributed by atoms with E-state index in [0.29, 0.717) is 18.7 Å². The zero-order valence-electron chi connectivity index (χ0n) is 13.8. The molecule has 0 bridgehead atoms. The maximum Gasteiger partial charge on any atom is 0.416 e. The Hall–Kier alpha value is -2.62. The highest BCUT2D eigenvalue weighted by Crippen LogP contribution is 2.30. The number of hydrogen-bond acceptors (Lipinski definition) is 4. The Morgan fingerprint density at radius 1 is 1.35 bits per heavy atom. The molecule has 1 aliphatic heterocycles. The lowest BCUT2D eigenvalue weighted by Gasteiger charge is -2.34. The van der Waals surface area contributed by atoms with E-state index in [4.69, 9.17) is 5.73 Å². The number of carbonyl (C=O) groups is 3. The fraction of sp³-hybridized carbons (Fsp3) is 0.438. The Morgan fingerprint density at radius 3 is 2.73 bits per heavy atom. The van der Waals surface area contributed by atoms with Gasteiger partial charge in [0.25, 0.3) is 0 Å². The summed E-state index contributed by atoms with van der Waals surface area (Å²) in [5.41, 5.74) is 4.56. The van der Waals surface area contributed by atoms with E-state index in [-0.39, 0.29) is 19.5 Å². The molecule has 0 spiro atoms. The van der Waals surface area contributed by atoms with Gasteiger partial charge in [0.15, 0.2) is 0 Å². The molecule has 1 saturated heterocycles. The maximum absolute atomic E-state index is 12.8. The molecule has 3 amide bonds. The first kappa shape index (κ1) is 19.7. The number of rotatable bonds is 6. The lowest BCUT2D eigenvalue weighted by molar-refractivity contribution is -0.137. The molecule has 0 saturated carbocycles. The lowest BCUT2D eigenvalue weighted by Crippen LogP contribution is -2.56. The van der Waals surface area contributed by atoms with Crippen LogP contribution >= 0.6 is 0 Å². The minimum atomic E-state index is -4.46. The van der Waals surface area contributed by atoms with Gasteiger partial charge in [-0.05, 0) is 11.6 Å². The van der Waals surface area contributed by atoms with Crippen LogP contribution < -0.4 is 16.4 Å². The fourth-order valence-electron chi connectivity index (χ4n) is 2.69. The maximum atomic E-state index is 12.8.